The van der Waals surface area contributed by atoms with E-state index < -0.39 is 0 Å². The maximum Gasteiger partial charge on any atom is 0.191 e. The van der Waals surface area contributed by atoms with Crippen molar-refractivity contribution in [3.05, 3.63) is 42.0 Å². The molecule has 1 aliphatic rings. The SMILES string of the molecule is CSCCCNC(=NCc1nnc(C)n1C)NC1CCCN(c2ccccc2)C1. The average molecular weight is 416 g/mol. The number of benzene rings is 1. The average Bonchev–Trinajstić information content (AvgIpc) is 3.08. The third-order valence-corrected chi connectivity index (χ3v) is 5.96. The second-order valence-electron chi connectivity index (χ2n) is 7.43. The Labute approximate surface area is 178 Å². The van der Waals surface area contributed by atoms with E-state index in [0.29, 0.717) is 12.6 Å². The molecule has 3 rings (SSSR count). The maximum atomic E-state index is 4.80. The number of hydrogen-bond acceptors (Lipinski definition) is 5. The summed E-state index contributed by atoms with van der Waals surface area (Å²) in [6.45, 7) is 5.48. The van der Waals surface area contributed by atoms with Gasteiger partial charge in [0, 0.05) is 38.4 Å². The minimum absolute atomic E-state index is 0.372. The number of guanidine groups is 1. The number of para-hydroxylation sites is 1. The van der Waals surface area contributed by atoms with Crippen molar-refractivity contribution in [3.8, 4) is 0 Å². The number of thioether (sulfide) groups is 1. The normalized spacial score (nSPS) is 17.4. The molecule has 29 heavy (non-hydrogen) atoms. The molecule has 1 aromatic heterocycles. The first-order valence-electron chi connectivity index (χ1n) is 10.4. The third kappa shape index (κ3) is 6.39. The number of aromatic nitrogens is 3. The van der Waals surface area contributed by atoms with E-state index in [1.807, 2.05) is 30.3 Å². The van der Waals surface area contributed by atoms with Crippen LogP contribution in [0.3, 0.4) is 0 Å². The fraction of sp³-hybridized carbons (Fsp3) is 0.571. The highest BCUT2D eigenvalue weighted by Crippen LogP contribution is 2.19. The molecule has 2 N–H and O–H groups in total. The Bertz CT molecular complexity index is 775. The predicted molar refractivity (Wildman–Crippen MR) is 123 cm³/mol. The van der Waals surface area contributed by atoms with E-state index in [0.717, 1.165) is 55.8 Å². The quantitative estimate of drug-likeness (QED) is 0.392. The first-order valence-corrected chi connectivity index (χ1v) is 11.8. The zero-order valence-electron chi connectivity index (χ0n) is 17.8. The first kappa shape index (κ1) is 21.5. The molecule has 1 aliphatic heterocycles. The van der Waals surface area contributed by atoms with Crippen LogP contribution < -0.4 is 15.5 Å². The molecule has 0 spiro atoms. The van der Waals surface area contributed by atoms with Crippen LogP contribution in [0.2, 0.25) is 0 Å². The molecule has 1 saturated heterocycles. The number of anilines is 1. The molecule has 0 radical (unpaired) electrons. The van der Waals surface area contributed by atoms with Gasteiger partial charge in [0.25, 0.3) is 0 Å². The highest BCUT2D eigenvalue weighted by molar-refractivity contribution is 7.98. The van der Waals surface area contributed by atoms with Crippen LogP contribution in [0.5, 0.6) is 0 Å². The molecule has 2 heterocycles. The summed E-state index contributed by atoms with van der Waals surface area (Å²) in [6, 6.07) is 11.0. The minimum Gasteiger partial charge on any atom is -0.369 e. The van der Waals surface area contributed by atoms with Crippen LogP contribution in [0.1, 0.15) is 30.9 Å². The molecule has 7 nitrogen and oxygen atoms in total. The van der Waals surface area contributed by atoms with Crippen molar-refractivity contribution in [3.63, 3.8) is 0 Å². The Hall–Kier alpha value is -2.22. The van der Waals surface area contributed by atoms with Crippen LogP contribution in [0.25, 0.3) is 0 Å². The zero-order valence-corrected chi connectivity index (χ0v) is 18.6. The van der Waals surface area contributed by atoms with Gasteiger partial charge in [0.15, 0.2) is 11.8 Å². The van der Waals surface area contributed by atoms with Crippen molar-refractivity contribution >= 4 is 23.4 Å². The molecule has 1 fully saturated rings. The molecule has 8 heteroatoms. The van der Waals surface area contributed by atoms with E-state index in [1.165, 1.54) is 12.1 Å². The second kappa shape index (κ2) is 11.1. The van der Waals surface area contributed by atoms with Crippen molar-refractivity contribution in [1.29, 1.82) is 0 Å². The maximum absolute atomic E-state index is 4.80. The fourth-order valence-corrected chi connectivity index (χ4v) is 3.91. The summed E-state index contributed by atoms with van der Waals surface area (Å²) >= 11 is 1.87. The molecule has 0 bridgehead atoms. The Balaban J connectivity index is 1.63. The van der Waals surface area contributed by atoms with Crippen molar-refractivity contribution in [1.82, 2.24) is 25.4 Å². The van der Waals surface area contributed by atoms with Gasteiger partial charge in [0.05, 0.1) is 0 Å². The topological polar surface area (TPSA) is 70.4 Å². The minimum atomic E-state index is 0.372. The summed E-state index contributed by atoms with van der Waals surface area (Å²) in [4.78, 5) is 7.26. The lowest BCUT2D eigenvalue weighted by atomic mass is 10.1. The van der Waals surface area contributed by atoms with Crippen LogP contribution in [-0.4, -0.2) is 58.4 Å². The Morgan fingerprint density at radius 1 is 1.28 bits per heavy atom. The van der Waals surface area contributed by atoms with Gasteiger partial charge in [-0.15, -0.1) is 10.2 Å². The Morgan fingerprint density at radius 2 is 2.10 bits per heavy atom. The highest BCUT2D eigenvalue weighted by atomic mass is 32.2. The molecule has 0 amide bonds. The molecule has 0 aliphatic carbocycles. The number of nitrogens with zero attached hydrogens (tertiary/aromatic N) is 5. The second-order valence-corrected chi connectivity index (χ2v) is 8.41. The summed E-state index contributed by atoms with van der Waals surface area (Å²) < 4.78 is 1.99. The molecule has 1 aromatic carbocycles. The van der Waals surface area contributed by atoms with Crippen LogP contribution in [-0.2, 0) is 13.6 Å². The highest BCUT2D eigenvalue weighted by Gasteiger charge is 2.21. The van der Waals surface area contributed by atoms with Gasteiger partial charge in [0.2, 0.25) is 0 Å². The van der Waals surface area contributed by atoms with Gasteiger partial charge in [0.1, 0.15) is 12.4 Å². The van der Waals surface area contributed by atoms with Gasteiger partial charge < -0.3 is 20.1 Å². The molecule has 1 unspecified atom stereocenters. The van der Waals surface area contributed by atoms with E-state index >= 15 is 0 Å². The van der Waals surface area contributed by atoms with Gasteiger partial charge in [-0.05, 0) is 50.3 Å². The lowest BCUT2D eigenvalue weighted by Crippen LogP contribution is -2.51. The van der Waals surface area contributed by atoms with Crippen molar-refractivity contribution in [2.75, 3.05) is 36.5 Å². The number of hydrogen-bond donors (Lipinski definition) is 2. The number of aliphatic imine (C=N–C) groups is 1. The van der Waals surface area contributed by atoms with Crippen molar-refractivity contribution in [2.24, 2.45) is 12.0 Å². The molecule has 2 aromatic rings. The Morgan fingerprint density at radius 3 is 2.83 bits per heavy atom. The van der Waals surface area contributed by atoms with E-state index in [1.54, 1.807) is 0 Å². The number of piperidine rings is 1. The molecular formula is C21H33N7S. The van der Waals surface area contributed by atoms with Crippen LogP contribution in [0.15, 0.2) is 35.3 Å². The fourth-order valence-electron chi connectivity index (χ4n) is 3.48. The number of aryl methyl sites for hydroxylation is 1. The standard InChI is InChI=1S/C21H33N7S/c1-17-25-26-20(27(17)2)15-23-21(22-12-8-14-29-3)24-18-9-7-13-28(16-18)19-10-5-4-6-11-19/h4-6,10-11,18H,7-9,12-16H2,1-3H3,(H2,22,23,24). The van der Waals surface area contributed by atoms with Gasteiger partial charge in [-0.3, -0.25) is 0 Å². The lowest BCUT2D eigenvalue weighted by Gasteiger charge is -2.35. The summed E-state index contributed by atoms with van der Waals surface area (Å²) in [7, 11) is 1.98. The lowest BCUT2D eigenvalue weighted by molar-refractivity contribution is 0.467. The van der Waals surface area contributed by atoms with Crippen molar-refractivity contribution < 1.29 is 0 Å². The van der Waals surface area contributed by atoms with Crippen LogP contribution in [0.4, 0.5) is 5.69 Å². The monoisotopic (exact) mass is 415 g/mol. The molecular weight excluding hydrogens is 382 g/mol. The van der Waals surface area contributed by atoms with Gasteiger partial charge in [-0.1, -0.05) is 18.2 Å². The summed E-state index contributed by atoms with van der Waals surface area (Å²) in [5, 5.41) is 15.5. The largest absolute Gasteiger partial charge is 0.369 e. The molecule has 158 valence electrons. The predicted octanol–water partition coefficient (Wildman–Crippen LogP) is 2.58. The number of nitrogens with one attached hydrogen (secondary N) is 2. The first-order chi connectivity index (χ1) is 14.2. The van der Waals surface area contributed by atoms with E-state index in [-0.39, 0.29) is 0 Å². The van der Waals surface area contributed by atoms with Crippen LogP contribution in [0, 0.1) is 6.92 Å². The molecule has 1 atom stereocenters. The van der Waals surface area contributed by atoms with Gasteiger partial charge >= 0.3 is 0 Å². The van der Waals surface area contributed by atoms with Crippen LogP contribution >= 0.6 is 11.8 Å². The summed E-state index contributed by atoms with van der Waals surface area (Å²) in [5.74, 6) is 3.80. The van der Waals surface area contributed by atoms with E-state index in [9.17, 15) is 0 Å². The smallest absolute Gasteiger partial charge is 0.191 e. The molecule has 0 saturated carbocycles. The van der Waals surface area contributed by atoms with E-state index in [2.05, 4.69) is 62.3 Å². The summed E-state index contributed by atoms with van der Waals surface area (Å²) in [6.07, 6.45) is 5.59. The Kier molecular flexibility index (Phi) is 8.22. The van der Waals surface area contributed by atoms with Gasteiger partial charge in [-0.25, -0.2) is 4.99 Å². The van der Waals surface area contributed by atoms with E-state index in [4.69, 9.17) is 4.99 Å². The third-order valence-electron chi connectivity index (χ3n) is 5.26. The summed E-state index contributed by atoms with van der Waals surface area (Å²) in [5.41, 5.74) is 1.29. The van der Waals surface area contributed by atoms with Gasteiger partial charge in [-0.2, -0.15) is 11.8 Å². The zero-order chi connectivity index (χ0) is 20.5. The van der Waals surface area contributed by atoms with Crippen molar-refractivity contribution in [2.45, 2.75) is 38.8 Å². The number of rotatable bonds is 8.